The Morgan fingerprint density at radius 2 is 1.71 bits per heavy atom. The predicted molar refractivity (Wildman–Crippen MR) is 124 cm³/mol. The van der Waals surface area contributed by atoms with Gasteiger partial charge in [0.1, 0.15) is 0 Å². The van der Waals surface area contributed by atoms with Crippen LogP contribution in [0.1, 0.15) is 29.9 Å². The summed E-state index contributed by atoms with van der Waals surface area (Å²) in [5.41, 5.74) is 3.69. The van der Waals surface area contributed by atoms with E-state index in [1.807, 2.05) is 49.4 Å². The molecule has 31 heavy (non-hydrogen) atoms. The first-order valence-corrected chi connectivity index (χ1v) is 10.7. The number of imidazole rings is 1. The SMILES string of the molecule is Cc1c[nH]c(=O)n1-c1cccc(NC(=O)c2ccc(N3CCN(C(C)C)CC3)cc2)c1. The van der Waals surface area contributed by atoms with Crippen molar-refractivity contribution in [3.05, 3.63) is 76.5 Å². The maximum absolute atomic E-state index is 12.7. The molecular weight excluding hydrogens is 390 g/mol. The molecule has 4 rings (SSSR count). The number of nitrogens with one attached hydrogen (secondary N) is 2. The van der Waals surface area contributed by atoms with Gasteiger partial charge in [0.25, 0.3) is 5.91 Å². The Morgan fingerprint density at radius 1 is 1.00 bits per heavy atom. The molecule has 1 fully saturated rings. The maximum Gasteiger partial charge on any atom is 0.330 e. The van der Waals surface area contributed by atoms with Crippen LogP contribution in [0.2, 0.25) is 0 Å². The van der Waals surface area contributed by atoms with Gasteiger partial charge in [-0.1, -0.05) is 6.07 Å². The van der Waals surface area contributed by atoms with E-state index in [2.05, 4.69) is 33.9 Å². The van der Waals surface area contributed by atoms with Crippen molar-refractivity contribution in [2.24, 2.45) is 0 Å². The number of carbonyl (C=O) groups is 1. The van der Waals surface area contributed by atoms with Crippen molar-refractivity contribution < 1.29 is 4.79 Å². The molecule has 0 unspecified atom stereocenters. The number of anilines is 2. The molecule has 3 aromatic rings. The monoisotopic (exact) mass is 419 g/mol. The van der Waals surface area contributed by atoms with E-state index in [-0.39, 0.29) is 11.6 Å². The Bertz CT molecular complexity index is 1110. The predicted octanol–water partition coefficient (Wildman–Crippen LogP) is 3.26. The third kappa shape index (κ3) is 4.56. The molecule has 1 aliphatic rings. The summed E-state index contributed by atoms with van der Waals surface area (Å²) >= 11 is 0. The molecule has 2 aromatic carbocycles. The number of rotatable bonds is 5. The van der Waals surface area contributed by atoms with Crippen LogP contribution in [0.3, 0.4) is 0 Å². The number of benzene rings is 2. The minimum atomic E-state index is -0.203. The van der Waals surface area contributed by atoms with Crippen LogP contribution in [0, 0.1) is 6.92 Å². The second-order valence-electron chi connectivity index (χ2n) is 8.24. The summed E-state index contributed by atoms with van der Waals surface area (Å²) in [6, 6.07) is 15.6. The van der Waals surface area contributed by atoms with E-state index >= 15 is 0 Å². The van der Waals surface area contributed by atoms with Crippen molar-refractivity contribution in [1.29, 1.82) is 0 Å². The molecule has 1 amide bonds. The summed E-state index contributed by atoms with van der Waals surface area (Å²) in [5, 5.41) is 2.93. The van der Waals surface area contributed by atoms with Crippen molar-refractivity contribution in [2.45, 2.75) is 26.8 Å². The van der Waals surface area contributed by atoms with Crippen LogP contribution in [-0.2, 0) is 0 Å². The fourth-order valence-corrected chi connectivity index (χ4v) is 4.02. The minimum Gasteiger partial charge on any atom is -0.369 e. The highest BCUT2D eigenvalue weighted by molar-refractivity contribution is 6.04. The number of hydrogen-bond donors (Lipinski definition) is 2. The fraction of sp³-hybridized carbons (Fsp3) is 0.333. The van der Waals surface area contributed by atoms with Gasteiger partial charge < -0.3 is 15.2 Å². The molecule has 0 spiro atoms. The van der Waals surface area contributed by atoms with Gasteiger partial charge in [-0.2, -0.15) is 0 Å². The van der Waals surface area contributed by atoms with Gasteiger partial charge in [-0.3, -0.25) is 14.3 Å². The van der Waals surface area contributed by atoms with Gasteiger partial charge in [0.15, 0.2) is 0 Å². The Balaban J connectivity index is 1.43. The van der Waals surface area contributed by atoms with Crippen molar-refractivity contribution in [3.63, 3.8) is 0 Å². The Hall–Kier alpha value is -3.32. The first kappa shape index (κ1) is 20.9. The normalized spacial score (nSPS) is 14.8. The van der Waals surface area contributed by atoms with Gasteiger partial charge in [0, 0.05) is 61.0 Å². The molecule has 162 valence electrons. The molecule has 2 N–H and O–H groups in total. The summed E-state index contributed by atoms with van der Waals surface area (Å²) in [4.78, 5) is 32.3. The lowest BCUT2D eigenvalue weighted by Crippen LogP contribution is -2.48. The van der Waals surface area contributed by atoms with Gasteiger partial charge >= 0.3 is 5.69 Å². The van der Waals surface area contributed by atoms with Crippen LogP contribution in [-0.4, -0.2) is 52.6 Å². The largest absolute Gasteiger partial charge is 0.369 e. The number of hydrogen-bond acceptors (Lipinski definition) is 4. The van der Waals surface area contributed by atoms with Crippen LogP contribution >= 0.6 is 0 Å². The van der Waals surface area contributed by atoms with Crippen molar-refractivity contribution in [3.8, 4) is 5.69 Å². The van der Waals surface area contributed by atoms with Crippen LogP contribution < -0.4 is 15.9 Å². The van der Waals surface area contributed by atoms with Crippen LogP contribution in [0.15, 0.2) is 59.5 Å². The number of aromatic nitrogens is 2. The Labute approximate surface area is 182 Å². The van der Waals surface area contributed by atoms with E-state index < -0.39 is 0 Å². The zero-order valence-corrected chi connectivity index (χ0v) is 18.3. The standard InChI is InChI=1S/C24H29N5O2/c1-17(2)27-11-13-28(14-12-27)21-9-7-19(8-10-21)23(30)26-20-5-4-6-22(15-20)29-18(3)16-25-24(29)31/h4-10,15-17H,11-14H2,1-3H3,(H,25,31)(H,26,30). The molecule has 7 nitrogen and oxygen atoms in total. The summed E-state index contributed by atoms with van der Waals surface area (Å²) in [7, 11) is 0. The van der Waals surface area contributed by atoms with E-state index in [1.54, 1.807) is 16.8 Å². The quantitative estimate of drug-likeness (QED) is 0.666. The highest BCUT2D eigenvalue weighted by atomic mass is 16.2. The van der Waals surface area contributed by atoms with Gasteiger partial charge in [-0.05, 0) is 63.2 Å². The summed E-state index contributed by atoms with van der Waals surface area (Å²) in [6.45, 7) is 10.4. The molecule has 2 heterocycles. The van der Waals surface area contributed by atoms with Gasteiger partial charge in [0.2, 0.25) is 0 Å². The summed E-state index contributed by atoms with van der Waals surface area (Å²) in [5.74, 6) is -0.175. The number of aryl methyl sites for hydroxylation is 1. The third-order valence-corrected chi connectivity index (χ3v) is 5.86. The van der Waals surface area contributed by atoms with Gasteiger partial charge in [-0.15, -0.1) is 0 Å². The Morgan fingerprint density at radius 3 is 2.32 bits per heavy atom. The molecule has 1 saturated heterocycles. The molecule has 7 heteroatoms. The van der Waals surface area contributed by atoms with E-state index in [4.69, 9.17) is 0 Å². The number of H-pyrrole nitrogens is 1. The lowest BCUT2D eigenvalue weighted by atomic mass is 10.1. The lowest BCUT2D eigenvalue weighted by Gasteiger charge is -2.38. The summed E-state index contributed by atoms with van der Waals surface area (Å²) in [6.07, 6.45) is 1.66. The van der Waals surface area contributed by atoms with Crippen LogP contribution in [0.4, 0.5) is 11.4 Å². The van der Waals surface area contributed by atoms with E-state index in [0.29, 0.717) is 23.0 Å². The number of piperazine rings is 1. The first-order valence-electron chi connectivity index (χ1n) is 10.7. The van der Waals surface area contributed by atoms with Crippen LogP contribution in [0.25, 0.3) is 5.69 Å². The topological polar surface area (TPSA) is 73.4 Å². The van der Waals surface area contributed by atoms with Gasteiger partial charge in [0.05, 0.1) is 5.69 Å². The summed E-state index contributed by atoms with van der Waals surface area (Å²) < 4.78 is 1.57. The lowest BCUT2D eigenvalue weighted by molar-refractivity contribution is 0.102. The second-order valence-corrected chi connectivity index (χ2v) is 8.24. The van der Waals surface area contributed by atoms with Crippen LogP contribution in [0.5, 0.6) is 0 Å². The second kappa shape index (κ2) is 8.81. The van der Waals surface area contributed by atoms with Crippen molar-refractivity contribution in [1.82, 2.24) is 14.5 Å². The van der Waals surface area contributed by atoms with Crippen molar-refractivity contribution >= 4 is 17.3 Å². The Kier molecular flexibility index (Phi) is 5.95. The van der Waals surface area contributed by atoms with E-state index in [1.165, 1.54) is 0 Å². The number of aromatic amines is 1. The maximum atomic E-state index is 12.7. The number of carbonyl (C=O) groups excluding carboxylic acids is 1. The molecule has 1 aliphatic heterocycles. The molecule has 1 aromatic heterocycles. The zero-order valence-electron chi connectivity index (χ0n) is 18.3. The number of nitrogens with zero attached hydrogens (tertiary/aromatic N) is 3. The number of amides is 1. The molecule has 0 aliphatic carbocycles. The average molecular weight is 420 g/mol. The molecule has 0 atom stereocenters. The molecular formula is C24H29N5O2. The average Bonchev–Trinajstić information content (AvgIpc) is 3.12. The van der Waals surface area contributed by atoms with E-state index in [9.17, 15) is 9.59 Å². The molecule has 0 saturated carbocycles. The first-order chi connectivity index (χ1) is 14.9. The minimum absolute atomic E-state index is 0.175. The zero-order chi connectivity index (χ0) is 22.0. The van der Waals surface area contributed by atoms with Crippen molar-refractivity contribution in [2.75, 3.05) is 36.4 Å². The third-order valence-electron chi connectivity index (χ3n) is 5.86. The van der Waals surface area contributed by atoms with E-state index in [0.717, 1.165) is 37.6 Å². The molecule has 0 radical (unpaired) electrons. The fourth-order valence-electron chi connectivity index (χ4n) is 4.02. The smallest absolute Gasteiger partial charge is 0.330 e. The molecule has 0 bridgehead atoms. The van der Waals surface area contributed by atoms with Gasteiger partial charge in [-0.25, -0.2) is 4.79 Å². The highest BCUT2D eigenvalue weighted by Gasteiger charge is 2.19. The highest BCUT2D eigenvalue weighted by Crippen LogP contribution is 2.20.